The number of nitrogen functional groups attached to an aromatic ring is 1. The highest BCUT2D eigenvalue weighted by atomic mass is 32.1. The van der Waals surface area contributed by atoms with Crippen molar-refractivity contribution in [2.24, 2.45) is 0 Å². The number of benzene rings is 1. The Bertz CT molecular complexity index is 1150. The number of pyridine rings is 1. The van der Waals surface area contributed by atoms with Gasteiger partial charge in [-0.1, -0.05) is 24.7 Å². The van der Waals surface area contributed by atoms with Crippen molar-refractivity contribution in [2.45, 2.75) is 19.8 Å². The number of nitrogens with zero attached hydrogens (tertiary/aromatic N) is 2. The zero-order chi connectivity index (χ0) is 19.0. The van der Waals surface area contributed by atoms with Crippen LogP contribution in [0.4, 0.5) is 10.8 Å². The lowest BCUT2D eigenvalue weighted by Gasteiger charge is -1.99. The first-order valence-corrected chi connectivity index (χ1v) is 10.2. The van der Waals surface area contributed by atoms with Crippen LogP contribution in [-0.4, -0.2) is 23.0 Å². The number of thiazole rings is 1. The fraction of sp³-hybridized carbons (Fsp3) is 0.211. The Labute approximate surface area is 164 Å². The highest BCUT2D eigenvalue weighted by Crippen LogP contribution is 2.34. The molecule has 1 aromatic carbocycles. The molecule has 0 saturated carbocycles. The van der Waals surface area contributed by atoms with Crippen LogP contribution >= 0.6 is 22.7 Å². The quantitative estimate of drug-likeness (QED) is 0.508. The van der Waals surface area contributed by atoms with Gasteiger partial charge in [0.15, 0.2) is 5.13 Å². The number of carbonyl (C=O) groups excluding carboxylic acids is 1. The molecule has 138 valence electrons. The number of anilines is 2. The van der Waals surface area contributed by atoms with Crippen LogP contribution in [0, 0.1) is 0 Å². The van der Waals surface area contributed by atoms with E-state index in [9.17, 15) is 4.79 Å². The summed E-state index contributed by atoms with van der Waals surface area (Å²) in [5.41, 5.74) is 8.49. The summed E-state index contributed by atoms with van der Waals surface area (Å²) >= 11 is 2.71. The highest BCUT2D eigenvalue weighted by Gasteiger charge is 2.19. The smallest absolute Gasteiger partial charge is 0.269 e. The molecule has 0 radical (unpaired) electrons. The van der Waals surface area contributed by atoms with E-state index in [1.165, 1.54) is 22.7 Å². The van der Waals surface area contributed by atoms with Gasteiger partial charge < -0.3 is 10.5 Å². The summed E-state index contributed by atoms with van der Waals surface area (Å²) in [6.07, 6.45) is 1.93. The number of aromatic nitrogens is 2. The molecular weight excluding hydrogens is 380 g/mol. The third kappa shape index (κ3) is 3.33. The number of carbonyl (C=O) groups is 1. The third-order valence-electron chi connectivity index (χ3n) is 4.18. The van der Waals surface area contributed by atoms with Crippen molar-refractivity contribution in [3.05, 3.63) is 40.9 Å². The lowest BCUT2D eigenvalue weighted by Crippen LogP contribution is -2.11. The summed E-state index contributed by atoms with van der Waals surface area (Å²) in [6.45, 7) is 2.11. The second-order valence-corrected chi connectivity index (χ2v) is 8.09. The van der Waals surface area contributed by atoms with Crippen LogP contribution in [0.3, 0.4) is 0 Å². The Morgan fingerprint density at radius 1 is 1.22 bits per heavy atom. The van der Waals surface area contributed by atoms with Gasteiger partial charge in [0.1, 0.15) is 15.5 Å². The molecule has 0 spiro atoms. The number of hydrogen-bond donors (Lipinski definition) is 2. The average molecular weight is 399 g/mol. The first-order chi connectivity index (χ1) is 13.1. The van der Waals surface area contributed by atoms with Crippen molar-refractivity contribution >= 4 is 59.8 Å². The molecule has 0 bridgehead atoms. The second kappa shape index (κ2) is 7.13. The Balaban J connectivity index is 1.63. The average Bonchev–Trinajstić information content (AvgIpc) is 3.21. The van der Waals surface area contributed by atoms with Crippen LogP contribution in [0.15, 0.2) is 30.3 Å². The number of nitrogens with one attached hydrogen (secondary N) is 1. The SMILES string of the molecule is CCCc1ccc2c(N)c(C(=O)Nc3nc4ccc(OC)cc4s3)sc2n1. The van der Waals surface area contributed by atoms with E-state index >= 15 is 0 Å². The summed E-state index contributed by atoms with van der Waals surface area (Å²) in [7, 11) is 1.62. The summed E-state index contributed by atoms with van der Waals surface area (Å²) < 4.78 is 6.17. The molecule has 6 nitrogen and oxygen atoms in total. The van der Waals surface area contributed by atoms with E-state index in [0.29, 0.717) is 15.7 Å². The predicted molar refractivity (Wildman–Crippen MR) is 112 cm³/mol. The van der Waals surface area contributed by atoms with Gasteiger partial charge >= 0.3 is 0 Å². The van der Waals surface area contributed by atoms with E-state index in [1.54, 1.807) is 7.11 Å². The van der Waals surface area contributed by atoms with Crippen LogP contribution < -0.4 is 15.8 Å². The molecule has 0 saturated heterocycles. The van der Waals surface area contributed by atoms with Gasteiger partial charge in [-0.05, 0) is 36.8 Å². The number of fused-ring (bicyclic) bond motifs is 2. The van der Waals surface area contributed by atoms with E-state index in [0.717, 1.165) is 44.7 Å². The van der Waals surface area contributed by atoms with Gasteiger partial charge in [-0.25, -0.2) is 9.97 Å². The third-order valence-corrected chi connectivity index (χ3v) is 6.23. The summed E-state index contributed by atoms with van der Waals surface area (Å²) in [5.74, 6) is 0.491. The molecule has 4 aromatic rings. The fourth-order valence-electron chi connectivity index (χ4n) is 2.84. The first-order valence-electron chi connectivity index (χ1n) is 8.53. The van der Waals surface area contributed by atoms with Crippen molar-refractivity contribution in [1.82, 2.24) is 9.97 Å². The van der Waals surface area contributed by atoms with Gasteiger partial charge in [0, 0.05) is 11.1 Å². The molecule has 0 aliphatic heterocycles. The van der Waals surface area contributed by atoms with Crippen LogP contribution in [0.2, 0.25) is 0 Å². The molecule has 3 N–H and O–H groups in total. The number of thiophene rings is 1. The lowest BCUT2D eigenvalue weighted by molar-refractivity contribution is 0.103. The number of ether oxygens (including phenoxy) is 1. The molecule has 0 aliphatic rings. The molecular formula is C19H18N4O2S2. The van der Waals surface area contributed by atoms with Gasteiger partial charge in [-0.15, -0.1) is 11.3 Å². The maximum absolute atomic E-state index is 12.7. The van der Waals surface area contributed by atoms with Gasteiger partial charge in [0.25, 0.3) is 5.91 Å². The molecule has 27 heavy (non-hydrogen) atoms. The normalized spacial score (nSPS) is 11.2. The summed E-state index contributed by atoms with van der Waals surface area (Å²) in [4.78, 5) is 23.1. The van der Waals surface area contributed by atoms with Crippen LogP contribution in [0.5, 0.6) is 5.75 Å². The van der Waals surface area contributed by atoms with Crippen molar-refractivity contribution in [3.8, 4) is 5.75 Å². The number of aryl methyl sites for hydroxylation is 1. The minimum atomic E-state index is -0.265. The minimum absolute atomic E-state index is 0.265. The number of nitrogens with two attached hydrogens (primary N) is 1. The topological polar surface area (TPSA) is 90.1 Å². The Kier molecular flexibility index (Phi) is 4.67. The minimum Gasteiger partial charge on any atom is -0.497 e. The van der Waals surface area contributed by atoms with Crippen molar-refractivity contribution in [1.29, 1.82) is 0 Å². The standard InChI is InChI=1S/C19H18N4O2S2/c1-3-4-10-5-7-12-15(20)16(27-18(12)21-10)17(24)23-19-22-13-8-6-11(25-2)9-14(13)26-19/h5-9H,3-4,20H2,1-2H3,(H,22,23,24). The van der Waals surface area contributed by atoms with Gasteiger partial charge in [0.05, 0.1) is 23.0 Å². The molecule has 0 atom stereocenters. The maximum atomic E-state index is 12.7. The predicted octanol–water partition coefficient (Wildman–Crippen LogP) is 4.70. The summed E-state index contributed by atoms with van der Waals surface area (Å²) in [5, 5.41) is 4.20. The Morgan fingerprint density at radius 3 is 2.85 bits per heavy atom. The van der Waals surface area contributed by atoms with Crippen molar-refractivity contribution in [3.63, 3.8) is 0 Å². The van der Waals surface area contributed by atoms with E-state index in [4.69, 9.17) is 10.5 Å². The largest absolute Gasteiger partial charge is 0.497 e. The highest BCUT2D eigenvalue weighted by molar-refractivity contribution is 7.23. The van der Waals surface area contributed by atoms with Crippen LogP contribution in [-0.2, 0) is 6.42 Å². The number of rotatable bonds is 5. The van der Waals surface area contributed by atoms with Crippen LogP contribution in [0.1, 0.15) is 28.7 Å². The molecule has 4 rings (SSSR count). The molecule has 0 unspecified atom stereocenters. The van der Waals surface area contributed by atoms with E-state index in [2.05, 4.69) is 22.2 Å². The molecule has 1 amide bonds. The molecule has 3 aromatic heterocycles. The number of amides is 1. The fourth-order valence-corrected chi connectivity index (χ4v) is 4.74. The second-order valence-electron chi connectivity index (χ2n) is 6.06. The summed E-state index contributed by atoms with van der Waals surface area (Å²) in [6, 6.07) is 9.53. The zero-order valence-electron chi connectivity index (χ0n) is 14.9. The Morgan fingerprint density at radius 2 is 2.07 bits per heavy atom. The van der Waals surface area contributed by atoms with E-state index in [1.807, 2.05) is 30.3 Å². The molecule has 0 fully saturated rings. The van der Waals surface area contributed by atoms with Gasteiger partial charge in [0.2, 0.25) is 0 Å². The van der Waals surface area contributed by atoms with E-state index in [-0.39, 0.29) is 5.91 Å². The lowest BCUT2D eigenvalue weighted by atomic mass is 10.2. The van der Waals surface area contributed by atoms with Gasteiger partial charge in [-0.2, -0.15) is 0 Å². The molecule has 3 heterocycles. The zero-order valence-corrected chi connectivity index (χ0v) is 16.5. The maximum Gasteiger partial charge on any atom is 0.269 e. The van der Waals surface area contributed by atoms with Gasteiger partial charge in [-0.3, -0.25) is 10.1 Å². The molecule has 8 heteroatoms. The monoisotopic (exact) mass is 398 g/mol. The van der Waals surface area contributed by atoms with Crippen LogP contribution in [0.25, 0.3) is 20.4 Å². The first kappa shape index (κ1) is 17.7. The van der Waals surface area contributed by atoms with Crippen molar-refractivity contribution in [2.75, 3.05) is 18.2 Å². The van der Waals surface area contributed by atoms with E-state index < -0.39 is 0 Å². The Hall–Kier alpha value is -2.71. The molecule has 0 aliphatic carbocycles. The van der Waals surface area contributed by atoms with Crippen molar-refractivity contribution < 1.29 is 9.53 Å². The number of hydrogen-bond acceptors (Lipinski definition) is 7. The number of methoxy groups -OCH3 is 1.